The van der Waals surface area contributed by atoms with Gasteiger partial charge in [-0.2, -0.15) is 4.98 Å². The van der Waals surface area contributed by atoms with E-state index in [9.17, 15) is 14.4 Å². The van der Waals surface area contributed by atoms with E-state index in [1.165, 1.54) is 0 Å². The first-order valence-electron chi connectivity index (χ1n) is 9.80. The lowest BCUT2D eigenvalue weighted by Crippen LogP contribution is -2.36. The van der Waals surface area contributed by atoms with Crippen LogP contribution in [0.2, 0.25) is 5.02 Å². The zero-order valence-electron chi connectivity index (χ0n) is 16.7. The predicted molar refractivity (Wildman–Crippen MR) is 120 cm³/mol. The lowest BCUT2D eigenvalue weighted by molar-refractivity contribution is -0.123. The molecule has 0 bridgehead atoms. The zero-order chi connectivity index (χ0) is 22.0. The minimum Gasteiger partial charge on any atom is -0.326 e. The van der Waals surface area contributed by atoms with Crippen molar-refractivity contribution in [2.75, 3.05) is 16.0 Å². The number of hydrogen-bond acceptors (Lipinski definition) is 5. The van der Waals surface area contributed by atoms with E-state index in [2.05, 4.69) is 25.9 Å². The van der Waals surface area contributed by atoms with Crippen LogP contribution in [0, 0.1) is 0 Å². The third-order valence-corrected chi connectivity index (χ3v) is 5.25. The van der Waals surface area contributed by atoms with E-state index >= 15 is 0 Å². The van der Waals surface area contributed by atoms with Gasteiger partial charge in [-0.1, -0.05) is 42.8 Å². The summed E-state index contributed by atoms with van der Waals surface area (Å²) in [4.78, 5) is 45.1. The van der Waals surface area contributed by atoms with Gasteiger partial charge in [0.15, 0.2) is 0 Å². The zero-order valence-corrected chi connectivity index (χ0v) is 17.4. The quantitative estimate of drug-likeness (QED) is 0.484. The molecular weight excluding hydrogens is 418 g/mol. The molecule has 1 unspecified atom stereocenters. The Hall–Kier alpha value is -3.65. The number of carbonyl (C=O) groups excluding carboxylic acids is 2. The van der Waals surface area contributed by atoms with E-state index in [-0.39, 0.29) is 29.7 Å². The minimum atomic E-state index is -0.954. The number of carbonyl (C=O) groups is 2. The molecule has 1 aliphatic heterocycles. The van der Waals surface area contributed by atoms with Gasteiger partial charge in [-0.05, 0) is 36.2 Å². The molecule has 2 heterocycles. The molecule has 0 aliphatic carbocycles. The van der Waals surface area contributed by atoms with Crippen LogP contribution in [-0.4, -0.2) is 21.8 Å². The SMILES string of the molecule is CCc1ccccc1NC(=O)C1CC(=O)Nc2nc(Nc3cccc(Cl)c3)[nH]c(=O)c21. The molecule has 9 heteroatoms. The first-order chi connectivity index (χ1) is 14.9. The monoisotopic (exact) mass is 437 g/mol. The topological polar surface area (TPSA) is 116 Å². The number of nitrogens with one attached hydrogen (secondary N) is 4. The number of anilines is 4. The number of hydrogen-bond donors (Lipinski definition) is 4. The highest BCUT2D eigenvalue weighted by Crippen LogP contribution is 2.30. The molecule has 4 N–H and O–H groups in total. The fourth-order valence-corrected chi connectivity index (χ4v) is 3.72. The summed E-state index contributed by atoms with van der Waals surface area (Å²) in [5.74, 6) is -1.58. The highest BCUT2D eigenvalue weighted by atomic mass is 35.5. The molecule has 0 saturated carbocycles. The number of H-pyrrole nitrogens is 1. The van der Waals surface area contributed by atoms with Crippen molar-refractivity contribution in [1.82, 2.24) is 9.97 Å². The van der Waals surface area contributed by atoms with Gasteiger partial charge in [0.2, 0.25) is 17.8 Å². The van der Waals surface area contributed by atoms with Crippen molar-refractivity contribution in [2.45, 2.75) is 25.7 Å². The predicted octanol–water partition coefficient (Wildman–Crippen LogP) is 3.79. The van der Waals surface area contributed by atoms with E-state index in [1.54, 1.807) is 30.3 Å². The minimum absolute atomic E-state index is 0.0634. The van der Waals surface area contributed by atoms with E-state index < -0.39 is 17.4 Å². The Balaban J connectivity index is 1.65. The average molecular weight is 438 g/mol. The number of rotatable bonds is 5. The van der Waals surface area contributed by atoms with Crippen LogP contribution < -0.4 is 21.5 Å². The lowest BCUT2D eigenvalue weighted by atomic mass is 9.92. The van der Waals surface area contributed by atoms with Crippen molar-refractivity contribution in [2.24, 2.45) is 0 Å². The molecule has 0 radical (unpaired) electrons. The first-order valence-corrected chi connectivity index (χ1v) is 10.2. The molecule has 0 saturated heterocycles. The number of fused-ring (bicyclic) bond motifs is 1. The number of aryl methyl sites for hydroxylation is 1. The van der Waals surface area contributed by atoms with E-state index in [4.69, 9.17) is 11.6 Å². The van der Waals surface area contributed by atoms with Crippen LogP contribution in [0.1, 0.15) is 30.4 Å². The van der Waals surface area contributed by atoms with Crippen molar-refractivity contribution < 1.29 is 9.59 Å². The second kappa shape index (κ2) is 8.61. The second-order valence-corrected chi connectivity index (χ2v) is 7.55. The average Bonchev–Trinajstić information content (AvgIpc) is 2.73. The molecule has 4 rings (SSSR count). The lowest BCUT2D eigenvalue weighted by Gasteiger charge is -2.24. The van der Waals surface area contributed by atoms with Gasteiger partial charge in [0.25, 0.3) is 5.56 Å². The summed E-state index contributed by atoms with van der Waals surface area (Å²) in [5, 5.41) is 8.91. The number of halogens is 1. The molecule has 31 heavy (non-hydrogen) atoms. The van der Waals surface area contributed by atoms with Crippen LogP contribution in [0.5, 0.6) is 0 Å². The Kier molecular flexibility index (Phi) is 5.73. The Bertz CT molecular complexity index is 1220. The fraction of sp³-hybridized carbons (Fsp3) is 0.182. The molecule has 0 spiro atoms. The number of benzene rings is 2. The normalized spacial score (nSPS) is 15.0. The van der Waals surface area contributed by atoms with Crippen molar-refractivity contribution in [3.63, 3.8) is 0 Å². The summed E-state index contributed by atoms with van der Waals surface area (Å²) < 4.78 is 0. The number of nitrogens with zero attached hydrogens (tertiary/aromatic N) is 1. The van der Waals surface area contributed by atoms with Crippen molar-refractivity contribution >= 4 is 46.6 Å². The summed E-state index contributed by atoms with van der Waals surface area (Å²) in [5.41, 5.74) is 1.86. The van der Waals surface area contributed by atoms with E-state index in [0.717, 1.165) is 12.0 Å². The molecule has 1 aromatic heterocycles. The second-order valence-electron chi connectivity index (χ2n) is 7.12. The smallest absolute Gasteiger partial charge is 0.258 e. The van der Waals surface area contributed by atoms with Crippen LogP contribution in [0.15, 0.2) is 53.3 Å². The van der Waals surface area contributed by atoms with E-state index in [1.807, 2.05) is 25.1 Å². The maximum atomic E-state index is 13.0. The van der Waals surface area contributed by atoms with Crippen LogP contribution in [-0.2, 0) is 16.0 Å². The van der Waals surface area contributed by atoms with Gasteiger partial charge in [-0.25, -0.2) is 0 Å². The van der Waals surface area contributed by atoms with Crippen LogP contribution >= 0.6 is 11.6 Å². The molecular formula is C22H20ClN5O3. The van der Waals surface area contributed by atoms with Crippen LogP contribution in [0.3, 0.4) is 0 Å². The maximum Gasteiger partial charge on any atom is 0.258 e. The summed E-state index contributed by atoms with van der Waals surface area (Å²) >= 11 is 5.99. The van der Waals surface area contributed by atoms with Crippen LogP contribution in [0.25, 0.3) is 0 Å². The number of aromatic amines is 1. The van der Waals surface area contributed by atoms with Gasteiger partial charge in [-0.15, -0.1) is 0 Å². The third-order valence-electron chi connectivity index (χ3n) is 5.01. The van der Waals surface area contributed by atoms with Crippen molar-refractivity contribution in [3.05, 3.63) is 75.0 Å². The highest BCUT2D eigenvalue weighted by molar-refractivity contribution is 6.30. The van der Waals surface area contributed by atoms with Gasteiger partial charge < -0.3 is 16.0 Å². The molecule has 1 aliphatic rings. The van der Waals surface area contributed by atoms with Gasteiger partial charge >= 0.3 is 0 Å². The summed E-state index contributed by atoms with van der Waals surface area (Å²) in [6.45, 7) is 1.98. The van der Waals surface area contributed by atoms with Crippen LogP contribution in [0.4, 0.5) is 23.1 Å². The summed E-state index contributed by atoms with van der Waals surface area (Å²) in [6, 6.07) is 14.3. The summed E-state index contributed by atoms with van der Waals surface area (Å²) in [7, 11) is 0. The molecule has 158 valence electrons. The Labute approximate surface area is 183 Å². The Morgan fingerprint density at radius 2 is 2.00 bits per heavy atom. The molecule has 8 nitrogen and oxygen atoms in total. The fourth-order valence-electron chi connectivity index (χ4n) is 3.53. The maximum absolute atomic E-state index is 13.0. The largest absolute Gasteiger partial charge is 0.326 e. The highest BCUT2D eigenvalue weighted by Gasteiger charge is 2.35. The van der Waals surface area contributed by atoms with Gasteiger partial charge in [0, 0.05) is 22.8 Å². The number of aromatic nitrogens is 2. The molecule has 2 amide bonds. The van der Waals surface area contributed by atoms with Crippen molar-refractivity contribution in [1.29, 1.82) is 0 Å². The van der Waals surface area contributed by atoms with Crippen molar-refractivity contribution in [3.8, 4) is 0 Å². The Morgan fingerprint density at radius 1 is 1.19 bits per heavy atom. The number of amides is 2. The first kappa shape index (κ1) is 20.6. The molecule has 3 aromatic rings. The Morgan fingerprint density at radius 3 is 2.77 bits per heavy atom. The van der Waals surface area contributed by atoms with Gasteiger partial charge in [-0.3, -0.25) is 19.4 Å². The molecule has 0 fully saturated rings. The third kappa shape index (κ3) is 4.44. The molecule has 1 atom stereocenters. The van der Waals surface area contributed by atoms with Gasteiger partial charge in [0.05, 0.1) is 11.5 Å². The van der Waals surface area contributed by atoms with Gasteiger partial charge in [0.1, 0.15) is 5.82 Å². The number of para-hydroxylation sites is 1. The standard InChI is InChI=1S/C22H20ClN5O3/c1-2-12-6-3-4-9-16(12)25-20(30)15-11-17(29)26-19-18(15)21(31)28-22(27-19)24-14-8-5-7-13(23)10-14/h3-10,15H,2,11H2,1H3,(H,25,30)(H3,24,26,27,28,29,31). The van der Waals surface area contributed by atoms with E-state index in [0.29, 0.717) is 16.4 Å². The molecule has 2 aromatic carbocycles. The summed E-state index contributed by atoms with van der Waals surface area (Å²) in [6.07, 6.45) is 0.595.